The maximum atomic E-state index is 13.9. The Balaban J connectivity index is 1.63. The number of anilines is 2. The summed E-state index contributed by atoms with van der Waals surface area (Å²) in [5, 5.41) is 1.15. The third-order valence-corrected chi connectivity index (χ3v) is 6.69. The number of amides is 2. The number of benzene rings is 2. The Morgan fingerprint density at radius 1 is 1.25 bits per heavy atom. The van der Waals surface area contributed by atoms with Gasteiger partial charge >= 0.3 is 6.03 Å². The molecule has 0 bridgehead atoms. The van der Waals surface area contributed by atoms with Crippen LogP contribution in [0.15, 0.2) is 47.1 Å². The average molecular weight is 458 g/mol. The Morgan fingerprint density at radius 2 is 2.00 bits per heavy atom. The van der Waals surface area contributed by atoms with Crippen molar-refractivity contribution in [1.82, 2.24) is 4.90 Å². The van der Waals surface area contributed by atoms with Crippen molar-refractivity contribution in [1.29, 1.82) is 0 Å². The zero-order valence-corrected chi connectivity index (χ0v) is 19.2. The number of furan rings is 1. The van der Waals surface area contributed by atoms with Gasteiger partial charge in [-0.05, 0) is 81.6 Å². The predicted octanol–water partition coefficient (Wildman–Crippen LogP) is 6.81. The van der Waals surface area contributed by atoms with E-state index >= 15 is 0 Å². The molecule has 32 heavy (non-hydrogen) atoms. The number of halogens is 2. The van der Waals surface area contributed by atoms with Crippen molar-refractivity contribution in [3.8, 4) is 0 Å². The smallest absolute Gasteiger partial charge is 0.323 e. The molecule has 1 fully saturated rings. The number of hydrogen-bond donors (Lipinski definition) is 1. The summed E-state index contributed by atoms with van der Waals surface area (Å²) in [5.74, 6) is -0.143. The quantitative estimate of drug-likeness (QED) is 0.442. The van der Waals surface area contributed by atoms with E-state index in [2.05, 4.69) is 18.7 Å². The summed E-state index contributed by atoms with van der Waals surface area (Å²) in [5.41, 5.74) is 8.39. The van der Waals surface area contributed by atoms with Gasteiger partial charge in [0.05, 0.1) is 17.6 Å². The van der Waals surface area contributed by atoms with Crippen LogP contribution in [0.25, 0.3) is 11.0 Å². The van der Waals surface area contributed by atoms with E-state index in [-0.39, 0.29) is 10.7 Å². The molecule has 0 radical (unpaired) electrons. The maximum absolute atomic E-state index is 13.9. The summed E-state index contributed by atoms with van der Waals surface area (Å²) in [6.45, 7) is 6.66. The number of carbonyl (C=O) groups is 1. The fourth-order valence-electron chi connectivity index (χ4n) is 4.82. The molecule has 1 aliphatic rings. The van der Waals surface area contributed by atoms with Crippen LogP contribution in [0.5, 0.6) is 0 Å². The molecule has 1 atom stereocenters. The van der Waals surface area contributed by atoms with Crippen molar-refractivity contribution in [2.45, 2.75) is 51.5 Å². The van der Waals surface area contributed by atoms with E-state index in [1.54, 1.807) is 6.07 Å². The predicted molar refractivity (Wildman–Crippen MR) is 127 cm³/mol. The number of primary amides is 1. The molecule has 3 aromatic rings. The van der Waals surface area contributed by atoms with Gasteiger partial charge < -0.3 is 15.1 Å². The third kappa shape index (κ3) is 4.62. The molecule has 2 amide bonds. The Labute approximate surface area is 192 Å². The van der Waals surface area contributed by atoms with Crippen molar-refractivity contribution in [2.75, 3.05) is 18.0 Å². The van der Waals surface area contributed by atoms with Crippen LogP contribution in [0.4, 0.5) is 20.6 Å². The largest absolute Gasteiger partial charge is 0.464 e. The number of hydrogen-bond acceptors (Lipinski definition) is 3. The van der Waals surface area contributed by atoms with E-state index in [1.165, 1.54) is 35.9 Å². The second kappa shape index (κ2) is 9.51. The average Bonchev–Trinajstić information content (AvgIpc) is 3.16. The summed E-state index contributed by atoms with van der Waals surface area (Å²) in [4.78, 5) is 16.1. The van der Waals surface area contributed by atoms with Gasteiger partial charge in [0.1, 0.15) is 11.4 Å². The van der Waals surface area contributed by atoms with Crippen molar-refractivity contribution >= 4 is 40.0 Å². The normalized spacial score (nSPS) is 16.4. The number of nitrogens with two attached hydrogens (primary N) is 1. The molecule has 5 nitrogen and oxygen atoms in total. The number of piperidine rings is 1. The third-order valence-electron chi connectivity index (χ3n) is 6.47. The van der Waals surface area contributed by atoms with Crippen LogP contribution in [0.2, 0.25) is 5.02 Å². The van der Waals surface area contributed by atoms with Gasteiger partial charge in [0.2, 0.25) is 0 Å². The zero-order valence-electron chi connectivity index (χ0n) is 18.5. The van der Waals surface area contributed by atoms with Crippen LogP contribution in [0, 0.1) is 5.82 Å². The Kier molecular flexibility index (Phi) is 6.72. The Morgan fingerprint density at radius 3 is 2.66 bits per heavy atom. The molecule has 7 heteroatoms. The Bertz CT molecular complexity index is 1090. The van der Waals surface area contributed by atoms with Crippen LogP contribution in [-0.4, -0.2) is 30.1 Å². The minimum atomic E-state index is -0.714. The van der Waals surface area contributed by atoms with E-state index in [0.717, 1.165) is 42.5 Å². The molecule has 0 spiro atoms. The molecule has 1 aromatic heterocycles. The van der Waals surface area contributed by atoms with Crippen molar-refractivity contribution in [3.63, 3.8) is 0 Å². The molecule has 2 heterocycles. The number of likely N-dealkylation sites (tertiary alicyclic amines) is 1. The van der Waals surface area contributed by atoms with Crippen LogP contribution < -0.4 is 10.6 Å². The highest BCUT2D eigenvalue weighted by atomic mass is 35.5. The van der Waals surface area contributed by atoms with Gasteiger partial charge in [-0.25, -0.2) is 9.18 Å². The van der Waals surface area contributed by atoms with E-state index in [1.807, 2.05) is 18.4 Å². The molecular weight excluding hydrogens is 429 g/mol. The van der Waals surface area contributed by atoms with E-state index in [9.17, 15) is 9.18 Å². The molecule has 1 aliphatic heterocycles. The summed E-state index contributed by atoms with van der Waals surface area (Å²) < 4.78 is 19.8. The first-order chi connectivity index (χ1) is 15.4. The maximum Gasteiger partial charge on any atom is 0.323 e. The lowest BCUT2D eigenvalue weighted by Gasteiger charge is -2.36. The number of nitrogens with zero attached hydrogens (tertiary/aromatic N) is 2. The minimum absolute atomic E-state index is 0.195. The van der Waals surface area contributed by atoms with Gasteiger partial charge in [-0.3, -0.25) is 4.90 Å². The number of urea groups is 1. The standard InChI is InChI=1S/C25H29ClFN3O2/c1-3-4-16(2)29-9-7-17(8-10-29)23-15-32-24-6-5-20(14-22(23)24)30(25(28)31)21-12-18(26)11-19(27)13-21/h5-6,11-17H,3-4,7-10H2,1-2H3,(H2,28,31). The van der Waals surface area contributed by atoms with Gasteiger partial charge in [-0.15, -0.1) is 0 Å². The molecule has 0 saturated carbocycles. The summed E-state index contributed by atoms with van der Waals surface area (Å²) in [6.07, 6.45) is 6.37. The molecule has 2 aromatic carbocycles. The van der Waals surface area contributed by atoms with Crippen LogP contribution in [-0.2, 0) is 0 Å². The number of fused-ring (bicyclic) bond motifs is 1. The van der Waals surface area contributed by atoms with Gasteiger partial charge in [-0.1, -0.05) is 24.9 Å². The van der Waals surface area contributed by atoms with Crippen molar-refractivity contribution in [2.24, 2.45) is 5.73 Å². The van der Waals surface area contributed by atoms with Gasteiger partial charge in [-0.2, -0.15) is 0 Å². The van der Waals surface area contributed by atoms with Gasteiger partial charge in [0.25, 0.3) is 0 Å². The van der Waals surface area contributed by atoms with Crippen LogP contribution >= 0.6 is 11.6 Å². The van der Waals surface area contributed by atoms with E-state index < -0.39 is 11.8 Å². The summed E-state index contributed by atoms with van der Waals surface area (Å²) in [6, 6.07) is 9.30. The van der Waals surface area contributed by atoms with E-state index in [4.69, 9.17) is 21.8 Å². The lowest BCUT2D eigenvalue weighted by Crippen LogP contribution is -2.39. The SMILES string of the molecule is CCCC(C)N1CCC(c2coc3ccc(N(C(N)=O)c4cc(F)cc(Cl)c4)cc23)CC1. The van der Waals surface area contributed by atoms with Crippen LogP contribution in [0.3, 0.4) is 0 Å². The molecule has 1 saturated heterocycles. The van der Waals surface area contributed by atoms with Crippen molar-refractivity contribution < 1.29 is 13.6 Å². The fourth-order valence-corrected chi connectivity index (χ4v) is 5.03. The highest BCUT2D eigenvalue weighted by molar-refractivity contribution is 6.31. The highest BCUT2D eigenvalue weighted by Crippen LogP contribution is 2.38. The first kappa shape index (κ1) is 22.6. The fraction of sp³-hybridized carbons (Fsp3) is 0.400. The highest BCUT2D eigenvalue weighted by Gasteiger charge is 2.26. The molecule has 170 valence electrons. The second-order valence-corrected chi connectivity index (χ2v) is 9.06. The molecule has 1 unspecified atom stereocenters. The number of rotatable bonds is 6. The lowest BCUT2D eigenvalue weighted by atomic mass is 9.88. The van der Waals surface area contributed by atoms with Gasteiger partial charge in [0.15, 0.2) is 0 Å². The monoisotopic (exact) mass is 457 g/mol. The van der Waals surface area contributed by atoms with Crippen LogP contribution in [0.1, 0.15) is 51.0 Å². The Hall–Kier alpha value is -2.57. The molecule has 4 rings (SSSR count). The van der Waals surface area contributed by atoms with Gasteiger partial charge in [0, 0.05) is 22.0 Å². The summed E-state index contributed by atoms with van der Waals surface area (Å²) in [7, 11) is 0. The topological polar surface area (TPSA) is 62.7 Å². The molecule has 2 N–H and O–H groups in total. The van der Waals surface area contributed by atoms with E-state index in [0.29, 0.717) is 17.6 Å². The second-order valence-electron chi connectivity index (χ2n) is 8.62. The minimum Gasteiger partial charge on any atom is -0.464 e. The first-order valence-corrected chi connectivity index (χ1v) is 11.6. The zero-order chi connectivity index (χ0) is 22.8. The number of carbonyl (C=O) groups excluding carboxylic acids is 1. The molecular formula is C25H29ClFN3O2. The van der Waals surface area contributed by atoms with Crippen molar-refractivity contribution in [3.05, 3.63) is 59.1 Å². The summed E-state index contributed by atoms with van der Waals surface area (Å²) >= 11 is 6.01. The molecule has 0 aliphatic carbocycles. The first-order valence-electron chi connectivity index (χ1n) is 11.2. The lowest BCUT2D eigenvalue weighted by molar-refractivity contribution is 0.154.